The molecule has 0 amide bonds. The molecule has 0 aromatic carbocycles. The molecule has 0 saturated heterocycles. The average Bonchev–Trinajstić information content (AvgIpc) is 2.10. The van der Waals surface area contributed by atoms with E-state index in [0.29, 0.717) is 13.0 Å². The molecule has 0 spiro atoms. The van der Waals surface area contributed by atoms with Crippen molar-refractivity contribution in [3.05, 3.63) is 0 Å². The van der Waals surface area contributed by atoms with Crippen LogP contribution in [0, 0.1) is 0 Å². The van der Waals surface area contributed by atoms with Gasteiger partial charge in [-0.3, -0.25) is 0 Å². The molecule has 0 aromatic heterocycles. The zero-order valence-electron chi connectivity index (χ0n) is 7.16. The minimum Gasteiger partial charge on any atom is -0.409 e. The van der Waals surface area contributed by atoms with Crippen molar-refractivity contribution in [2.45, 2.75) is 19.3 Å². The molecule has 0 unspecified atom stereocenters. The molecule has 5 heteroatoms. The lowest BCUT2D eigenvalue weighted by Crippen LogP contribution is -2.23. The summed E-state index contributed by atoms with van der Waals surface area (Å²) in [5, 5.41) is 22.6. The summed E-state index contributed by atoms with van der Waals surface area (Å²) in [6.07, 6.45) is 2.32. The predicted octanol–water partition coefficient (Wildman–Crippen LogP) is -0.515. The highest BCUT2D eigenvalue weighted by molar-refractivity contribution is 5.79. The number of rotatable bonds is 7. The van der Waals surface area contributed by atoms with Crippen LogP contribution in [0.5, 0.6) is 0 Å². The molecule has 0 aliphatic carbocycles. The van der Waals surface area contributed by atoms with E-state index in [1.165, 1.54) is 0 Å². The van der Waals surface area contributed by atoms with E-state index >= 15 is 0 Å². The first-order chi connectivity index (χ1) is 5.81. The van der Waals surface area contributed by atoms with Crippen LogP contribution in [0.25, 0.3) is 0 Å². The van der Waals surface area contributed by atoms with E-state index in [1.807, 2.05) is 0 Å². The first-order valence-electron chi connectivity index (χ1n) is 4.09. The molecule has 5 N–H and O–H groups in total. The summed E-state index contributed by atoms with van der Waals surface area (Å²) in [5.41, 5.74) is 5.23. The fourth-order valence-electron chi connectivity index (χ4n) is 0.753. The molecule has 0 rings (SSSR count). The maximum Gasteiger partial charge on any atom is 0.140 e. The number of aliphatic hydroxyl groups excluding tert-OH is 1. The van der Waals surface area contributed by atoms with E-state index in [0.717, 1.165) is 19.4 Å². The van der Waals surface area contributed by atoms with Gasteiger partial charge < -0.3 is 21.4 Å². The Morgan fingerprint density at radius 1 is 1.33 bits per heavy atom. The summed E-state index contributed by atoms with van der Waals surface area (Å²) >= 11 is 0. The third-order valence-corrected chi connectivity index (χ3v) is 1.45. The number of nitrogens with two attached hydrogens (primary N) is 1. The molecule has 0 aliphatic rings. The number of unbranched alkanes of at least 4 members (excludes halogenated alkanes) is 1. The number of oxime groups is 1. The average molecular weight is 175 g/mol. The second-order valence-electron chi connectivity index (χ2n) is 2.52. The largest absolute Gasteiger partial charge is 0.409 e. The van der Waals surface area contributed by atoms with Gasteiger partial charge in [-0.05, 0) is 19.4 Å². The van der Waals surface area contributed by atoms with Gasteiger partial charge in [-0.2, -0.15) is 0 Å². The van der Waals surface area contributed by atoms with Crippen molar-refractivity contribution in [3.63, 3.8) is 0 Å². The van der Waals surface area contributed by atoms with Gasteiger partial charge in [0.1, 0.15) is 5.84 Å². The summed E-state index contributed by atoms with van der Waals surface area (Å²) in [5.74, 6) is 0.240. The monoisotopic (exact) mass is 175 g/mol. The van der Waals surface area contributed by atoms with Gasteiger partial charge in [-0.25, -0.2) is 0 Å². The van der Waals surface area contributed by atoms with E-state index in [-0.39, 0.29) is 12.4 Å². The van der Waals surface area contributed by atoms with Crippen molar-refractivity contribution in [2.24, 2.45) is 10.9 Å². The number of hydrogen-bond donors (Lipinski definition) is 4. The number of amidine groups is 1. The summed E-state index contributed by atoms with van der Waals surface area (Å²) in [7, 11) is 0. The summed E-state index contributed by atoms with van der Waals surface area (Å²) in [6, 6.07) is 0. The maximum absolute atomic E-state index is 8.45. The fourth-order valence-corrected chi connectivity index (χ4v) is 0.753. The Morgan fingerprint density at radius 3 is 2.67 bits per heavy atom. The van der Waals surface area contributed by atoms with Crippen LogP contribution >= 0.6 is 0 Å². The topological polar surface area (TPSA) is 90.9 Å². The van der Waals surface area contributed by atoms with Gasteiger partial charge in [0.25, 0.3) is 0 Å². The second-order valence-corrected chi connectivity index (χ2v) is 2.52. The van der Waals surface area contributed by atoms with Crippen LogP contribution in [0.1, 0.15) is 19.3 Å². The third-order valence-electron chi connectivity index (χ3n) is 1.45. The molecule has 0 radical (unpaired) electrons. The standard InChI is InChI=1S/C7H17N3O2/c8-7(10-12)3-5-9-4-1-2-6-11/h9,11-12H,1-6H2,(H2,8,10). The molecule has 0 atom stereocenters. The molecule has 0 fully saturated rings. The normalized spacial score (nSPS) is 11.9. The molecule has 72 valence electrons. The van der Waals surface area contributed by atoms with E-state index in [9.17, 15) is 0 Å². The van der Waals surface area contributed by atoms with E-state index < -0.39 is 0 Å². The molecule has 0 bridgehead atoms. The van der Waals surface area contributed by atoms with Gasteiger partial charge in [0.2, 0.25) is 0 Å². The Hall–Kier alpha value is -0.810. The highest BCUT2D eigenvalue weighted by Crippen LogP contribution is 1.84. The van der Waals surface area contributed by atoms with E-state index in [4.69, 9.17) is 16.0 Å². The number of aliphatic hydroxyl groups is 1. The smallest absolute Gasteiger partial charge is 0.140 e. The van der Waals surface area contributed by atoms with Crippen LogP contribution in [0.15, 0.2) is 5.16 Å². The molecule has 0 saturated carbocycles. The lowest BCUT2D eigenvalue weighted by Gasteiger charge is -2.02. The van der Waals surface area contributed by atoms with Gasteiger partial charge in [0.05, 0.1) is 0 Å². The van der Waals surface area contributed by atoms with Crippen molar-refractivity contribution < 1.29 is 10.3 Å². The fraction of sp³-hybridized carbons (Fsp3) is 0.857. The first kappa shape index (κ1) is 11.2. The van der Waals surface area contributed by atoms with Gasteiger partial charge in [-0.15, -0.1) is 0 Å². The lowest BCUT2D eigenvalue weighted by atomic mass is 10.3. The Bertz CT molecular complexity index is 128. The molecule has 0 aliphatic heterocycles. The number of nitrogens with one attached hydrogen (secondary N) is 1. The van der Waals surface area contributed by atoms with Crippen molar-refractivity contribution >= 4 is 5.84 Å². The number of nitrogens with zero attached hydrogens (tertiary/aromatic N) is 1. The van der Waals surface area contributed by atoms with Gasteiger partial charge in [0, 0.05) is 19.6 Å². The Balaban J connectivity index is 3.00. The molecule has 5 nitrogen and oxygen atoms in total. The Morgan fingerprint density at radius 2 is 2.08 bits per heavy atom. The van der Waals surface area contributed by atoms with Gasteiger partial charge >= 0.3 is 0 Å². The molecule has 0 heterocycles. The van der Waals surface area contributed by atoms with Crippen molar-refractivity contribution in [1.82, 2.24) is 5.32 Å². The van der Waals surface area contributed by atoms with Crippen LogP contribution in [0.4, 0.5) is 0 Å². The highest BCUT2D eigenvalue weighted by Gasteiger charge is 1.92. The highest BCUT2D eigenvalue weighted by atomic mass is 16.4. The van der Waals surface area contributed by atoms with Crippen LogP contribution in [0.3, 0.4) is 0 Å². The van der Waals surface area contributed by atoms with Crippen LogP contribution in [-0.4, -0.2) is 35.8 Å². The quantitative estimate of drug-likeness (QED) is 0.138. The first-order valence-corrected chi connectivity index (χ1v) is 4.09. The van der Waals surface area contributed by atoms with Crippen LogP contribution < -0.4 is 11.1 Å². The van der Waals surface area contributed by atoms with Crippen LogP contribution in [-0.2, 0) is 0 Å². The molecule has 12 heavy (non-hydrogen) atoms. The second kappa shape index (κ2) is 8.29. The van der Waals surface area contributed by atoms with Crippen molar-refractivity contribution in [1.29, 1.82) is 0 Å². The summed E-state index contributed by atoms with van der Waals surface area (Å²) in [6.45, 7) is 1.81. The van der Waals surface area contributed by atoms with E-state index in [1.54, 1.807) is 0 Å². The summed E-state index contributed by atoms with van der Waals surface area (Å²) < 4.78 is 0. The van der Waals surface area contributed by atoms with Gasteiger partial charge in [-0.1, -0.05) is 5.16 Å². The van der Waals surface area contributed by atoms with Gasteiger partial charge in [0.15, 0.2) is 0 Å². The molecular weight excluding hydrogens is 158 g/mol. The zero-order valence-corrected chi connectivity index (χ0v) is 7.16. The molecular formula is C7H17N3O2. The third kappa shape index (κ3) is 7.30. The number of hydrogen-bond acceptors (Lipinski definition) is 4. The van der Waals surface area contributed by atoms with Crippen molar-refractivity contribution in [3.8, 4) is 0 Å². The lowest BCUT2D eigenvalue weighted by molar-refractivity contribution is 0.284. The minimum atomic E-state index is 0.238. The predicted molar refractivity (Wildman–Crippen MR) is 47.2 cm³/mol. The summed E-state index contributed by atoms with van der Waals surface area (Å²) in [4.78, 5) is 0. The minimum absolute atomic E-state index is 0.238. The Labute approximate surface area is 72.3 Å². The Kier molecular flexibility index (Phi) is 7.73. The van der Waals surface area contributed by atoms with Crippen molar-refractivity contribution in [2.75, 3.05) is 19.7 Å². The zero-order chi connectivity index (χ0) is 9.23. The van der Waals surface area contributed by atoms with E-state index in [2.05, 4.69) is 10.5 Å². The molecule has 0 aromatic rings. The maximum atomic E-state index is 8.45. The van der Waals surface area contributed by atoms with Crippen LogP contribution in [0.2, 0.25) is 0 Å². The SMILES string of the molecule is NC(CCNCCCCO)=NO.